The first-order valence-corrected chi connectivity index (χ1v) is 8.66. The zero-order valence-corrected chi connectivity index (χ0v) is 14.7. The van der Waals surface area contributed by atoms with Gasteiger partial charge in [0.25, 0.3) is 0 Å². The van der Waals surface area contributed by atoms with Gasteiger partial charge in [0.05, 0.1) is 5.92 Å². The van der Waals surface area contributed by atoms with Crippen LogP contribution in [0.2, 0.25) is 0 Å². The van der Waals surface area contributed by atoms with Gasteiger partial charge in [-0.25, -0.2) is 0 Å². The maximum absolute atomic E-state index is 10.6. The fraction of sp³-hybridized carbons (Fsp3) is 0.476. The molecule has 0 aliphatic carbocycles. The minimum Gasteiger partial charge on any atom is -0.481 e. The van der Waals surface area contributed by atoms with E-state index in [0.29, 0.717) is 6.42 Å². The van der Waals surface area contributed by atoms with E-state index in [9.17, 15) is 4.79 Å². The molecule has 0 bridgehead atoms. The van der Waals surface area contributed by atoms with E-state index >= 15 is 0 Å². The number of allylic oxidation sites excluding steroid dienone is 10. The zero-order chi connectivity index (χ0) is 17.2. The Morgan fingerprint density at radius 2 is 1.22 bits per heavy atom. The second kappa shape index (κ2) is 16.5. The molecule has 128 valence electrons. The van der Waals surface area contributed by atoms with Crippen LogP contribution in [0.15, 0.2) is 60.8 Å². The second-order valence-electron chi connectivity index (χ2n) is 5.52. The molecule has 23 heavy (non-hydrogen) atoms. The highest BCUT2D eigenvalue weighted by atomic mass is 16.4. The van der Waals surface area contributed by atoms with Crippen molar-refractivity contribution in [3.63, 3.8) is 0 Å². The van der Waals surface area contributed by atoms with Crippen LogP contribution in [-0.2, 0) is 4.79 Å². The summed E-state index contributed by atoms with van der Waals surface area (Å²) in [6.45, 7) is 3.88. The van der Waals surface area contributed by atoms with Gasteiger partial charge >= 0.3 is 5.97 Å². The van der Waals surface area contributed by atoms with Gasteiger partial charge < -0.3 is 5.11 Å². The SMILES string of the molecule is CCC=CCC=CCC=CCC=CCCC=CCC(C)C(=O)O. The third-order valence-electron chi connectivity index (χ3n) is 3.30. The summed E-state index contributed by atoms with van der Waals surface area (Å²) in [4.78, 5) is 10.6. The number of hydrogen-bond donors (Lipinski definition) is 1. The van der Waals surface area contributed by atoms with Crippen molar-refractivity contribution in [2.75, 3.05) is 0 Å². The minimum absolute atomic E-state index is 0.288. The predicted molar refractivity (Wildman–Crippen MR) is 100 cm³/mol. The first kappa shape index (κ1) is 21.2. The molecule has 0 fully saturated rings. The lowest BCUT2D eigenvalue weighted by Crippen LogP contribution is -2.07. The number of carboxylic acids is 1. The van der Waals surface area contributed by atoms with E-state index in [1.165, 1.54) is 0 Å². The van der Waals surface area contributed by atoms with E-state index in [1.807, 2.05) is 6.08 Å². The van der Waals surface area contributed by atoms with Crippen molar-refractivity contribution in [2.45, 2.75) is 58.8 Å². The number of carboxylic acid groups (broad SMARTS) is 1. The zero-order valence-electron chi connectivity index (χ0n) is 14.7. The van der Waals surface area contributed by atoms with Gasteiger partial charge in [0.15, 0.2) is 0 Å². The molecule has 0 aromatic carbocycles. The quantitative estimate of drug-likeness (QED) is 0.322. The topological polar surface area (TPSA) is 37.3 Å². The van der Waals surface area contributed by atoms with Crippen molar-refractivity contribution >= 4 is 5.97 Å². The molecule has 0 aromatic rings. The summed E-state index contributed by atoms with van der Waals surface area (Å²) in [5, 5.41) is 8.75. The highest BCUT2D eigenvalue weighted by Crippen LogP contribution is 2.04. The summed E-state index contributed by atoms with van der Waals surface area (Å²) < 4.78 is 0. The van der Waals surface area contributed by atoms with Crippen LogP contribution in [0.1, 0.15) is 58.8 Å². The van der Waals surface area contributed by atoms with Crippen LogP contribution >= 0.6 is 0 Å². The minimum atomic E-state index is -0.728. The molecule has 1 N–H and O–H groups in total. The van der Waals surface area contributed by atoms with Crippen LogP contribution in [0.5, 0.6) is 0 Å². The lowest BCUT2D eigenvalue weighted by Gasteiger charge is -1.99. The molecule has 0 saturated carbocycles. The molecular formula is C21H32O2. The lowest BCUT2D eigenvalue weighted by molar-refractivity contribution is -0.140. The fourth-order valence-corrected chi connectivity index (χ4v) is 1.81. The summed E-state index contributed by atoms with van der Waals surface area (Å²) in [5.41, 5.74) is 0. The van der Waals surface area contributed by atoms with Gasteiger partial charge in [-0.3, -0.25) is 4.79 Å². The third kappa shape index (κ3) is 16.4. The largest absolute Gasteiger partial charge is 0.481 e. The molecule has 0 rings (SSSR count). The number of carbonyl (C=O) groups is 1. The Bertz CT molecular complexity index is 425. The van der Waals surface area contributed by atoms with Gasteiger partial charge in [-0.1, -0.05) is 74.6 Å². The Morgan fingerprint density at radius 1 is 0.783 bits per heavy atom. The van der Waals surface area contributed by atoms with Crippen molar-refractivity contribution in [2.24, 2.45) is 5.92 Å². The van der Waals surface area contributed by atoms with E-state index in [1.54, 1.807) is 6.92 Å². The third-order valence-corrected chi connectivity index (χ3v) is 3.30. The molecule has 2 nitrogen and oxygen atoms in total. The van der Waals surface area contributed by atoms with Crippen LogP contribution in [-0.4, -0.2) is 11.1 Å². The first-order valence-electron chi connectivity index (χ1n) is 8.66. The molecule has 0 spiro atoms. The molecule has 0 aliphatic rings. The summed E-state index contributed by atoms with van der Waals surface area (Å²) in [6, 6.07) is 0. The lowest BCUT2D eigenvalue weighted by atomic mass is 10.1. The van der Waals surface area contributed by atoms with Crippen molar-refractivity contribution in [3.8, 4) is 0 Å². The van der Waals surface area contributed by atoms with Crippen LogP contribution < -0.4 is 0 Å². The van der Waals surface area contributed by atoms with Crippen molar-refractivity contribution < 1.29 is 9.90 Å². The van der Waals surface area contributed by atoms with E-state index in [-0.39, 0.29) is 5.92 Å². The Hall–Kier alpha value is -1.83. The summed E-state index contributed by atoms with van der Waals surface area (Å²) >= 11 is 0. The normalized spacial score (nSPS) is 14.2. The Morgan fingerprint density at radius 3 is 1.70 bits per heavy atom. The molecular weight excluding hydrogens is 284 g/mol. The summed E-state index contributed by atoms with van der Waals surface area (Å²) in [6.07, 6.45) is 28.3. The number of rotatable bonds is 13. The maximum Gasteiger partial charge on any atom is 0.306 e. The molecule has 1 unspecified atom stereocenters. The van der Waals surface area contributed by atoms with E-state index in [0.717, 1.165) is 38.5 Å². The van der Waals surface area contributed by atoms with E-state index in [2.05, 4.69) is 61.6 Å². The predicted octanol–water partition coefficient (Wildman–Crippen LogP) is 6.24. The van der Waals surface area contributed by atoms with Gasteiger partial charge in [0.1, 0.15) is 0 Å². The van der Waals surface area contributed by atoms with Crippen molar-refractivity contribution in [1.29, 1.82) is 0 Å². The van der Waals surface area contributed by atoms with Crippen LogP contribution in [0.4, 0.5) is 0 Å². The molecule has 0 aliphatic heterocycles. The van der Waals surface area contributed by atoms with Gasteiger partial charge in [-0.05, 0) is 44.9 Å². The standard InChI is InChI=1S/C21H32O2/c1-3-4-5-6-7-8-9-10-11-12-13-14-15-16-17-18-19-20(2)21(22)23/h4-5,7-8,10-11,13-14,17-18,20H,3,6,9,12,15-16,19H2,1-2H3,(H,22,23). The Kier molecular flexibility index (Phi) is 15.2. The van der Waals surface area contributed by atoms with Gasteiger partial charge in [0.2, 0.25) is 0 Å². The number of aliphatic carboxylic acids is 1. The smallest absolute Gasteiger partial charge is 0.306 e. The molecule has 0 saturated heterocycles. The molecule has 0 aromatic heterocycles. The summed E-state index contributed by atoms with van der Waals surface area (Å²) in [7, 11) is 0. The molecule has 0 heterocycles. The van der Waals surface area contributed by atoms with Gasteiger partial charge in [-0.15, -0.1) is 0 Å². The van der Waals surface area contributed by atoms with Crippen LogP contribution in [0.3, 0.4) is 0 Å². The van der Waals surface area contributed by atoms with Gasteiger partial charge in [0, 0.05) is 0 Å². The Labute approximate surface area is 142 Å². The maximum atomic E-state index is 10.6. The Balaban J connectivity index is 3.53. The number of unbranched alkanes of at least 4 members (excludes halogenated alkanes) is 1. The summed E-state index contributed by atoms with van der Waals surface area (Å²) in [5.74, 6) is -1.02. The van der Waals surface area contributed by atoms with Crippen molar-refractivity contribution in [1.82, 2.24) is 0 Å². The average molecular weight is 316 g/mol. The molecule has 0 amide bonds. The molecule has 1 atom stereocenters. The van der Waals surface area contributed by atoms with Gasteiger partial charge in [-0.2, -0.15) is 0 Å². The fourth-order valence-electron chi connectivity index (χ4n) is 1.81. The highest BCUT2D eigenvalue weighted by molar-refractivity contribution is 5.69. The number of hydrogen-bond acceptors (Lipinski definition) is 1. The van der Waals surface area contributed by atoms with E-state index < -0.39 is 5.97 Å². The molecule has 0 radical (unpaired) electrons. The van der Waals surface area contributed by atoms with Crippen LogP contribution in [0, 0.1) is 5.92 Å². The van der Waals surface area contributed by atoms with Crippen molar-refractivity contribution in [3.05, 3.63) is 60.8 Å². The highest BCUT2D eigenvalue weighted by Gasteiger charge is 2.06. The monoisotopic (exact) mass is 316 g/mol. The first-order chi connectivity index (χ1) is 11.2. The molecule has 2 heteroatoms. The van der Waals surface area contributed by atoms with E-state index in [4.69, 9.17) is 5.11 Å². The average Bonchev–Trinajstić information content (AvgIpc) is 2.54. The van der Waals surface area contributed by atoms with Crippen LogP contribution in [0.25, 0.3) is 0 Å². The second-order valence-corrected chi connectivity index (χ2v) is 5.52.